The number of ether oxygens (including phenoxy) is 1. The number of likely N-dealkylation sites (tertiary alicyclic amines) is 1. The quantitative estimate of drug-likeness (QED) is 0.624. The summed E-state index contributed by atoms with van der Waals surface area (Å²) in [6, 6.07) is 8.44. The second-order valence-corrected chi connectivity index (χ2v) is 8.68. The number of aryl methyl sites for hydroxylation is 2. The van der Waals surface area contributed by atoms with Crippen molar-refractivity contribution in [2.75, 3.05) is 19.7 Å². The third kappa shape index (κ3) is 3.86. The molecule has 0 aliphatic carbocycles. The maximum absolute atomic E-state index is 12.1. The number of benzene rings is 1. The van der Waals surface area contributed by atoms with Crippen molar-refractivity contribution < 1.29 is 19.5 Å². The number of hydrogen-bond donors (Lipinski definition) is 2. The van der Waals surface area contributed by atoms with Gasteiger partial charge in [0.05, 0.1) is 25.6 Å². The van der Waals surface area contributed by atoms with E-state index >= 15 is 0 Å². The van der Waals surface area contributed by atoms with E-state index in [0.29, 0.717) is 17.4 Å². The van der Waals surface area contributed by atoms with Crippen molar-refractivity contribution in [1.82, 2.24) is 14.6 Å². The molecule has 1 aromatic carbocycles. The smallest absolute Gasteiger partial charge is 0.309 e. The van der Waals surface area contributed by atoms with Crippen LogP contribution in [0, 0.1) is 19.8 Å². The van der Waals surface area contributed by atoms with Crippen LogP contribution in [0.1, 0.15) is 47.6 Å². The molecular formula is C21H27N4O3S+. The Balaban J connectivity index is 1.66. The molecule has 3 heterocycles. The second-order valence-electron chi connectivity index (χ2n) is 7.67. The minimum atomic E-state index is -0.0875. The number of quaternary nitrogens is 1. The van der Waals surface area contributed by atoms with Gasteiger partial charge in [-0.3, -0.25) is 4.79 Å². The fourth-order valence-electron chi connectivity index (χ4n) is 4.14. The van der Waals surface area contributed by atoms with Gasteiger partial charge in [-0.15, -0.1) is 5.10 Å². The summed E-state index contributed by atoms with van der Waals surface area (Å²) in [5, 5.41) is 15.2. The first-order valence-corrected chi connectivity index (χ1v) is 10.9. The summed E-state index contributed by atoms with van der Waals surface area (Å²) in [5.41, 5.74) is 2.35. The highest BCUT2D eigenvalue weighted by molar-refractivity contribution is 7.17. The van der Waals surface area contributed by atoms with E-state index in [-0.39, 0.29) is 23.8 Å². The van der Waals surface area contributed by atoms with Crippen molar-refractivity contribution in [2.45, 2.75) is 39.7 Å². The summed E-state index contributed by atoms with van der Waals surface area (Å²) in [6.45, 7) is 7.84. The van der Waals surface area contributed by atoms with Gasteiger partial charge in [-0.2, -0.15) is 4.52 Å². The van der Waals surface area contributed by atoms with Crippen molar-refractivity contribution >= 4 is 22.3 Å². The van der Waals surface area contributed by atoms with Gasteiger partial charge in [-0.1, -0.05) is 41.2 Å². The van der Waals surface area contributed by atoms with Crippen LogP contribution in [0.4, 0.5) is 0 Å². The molecule has 0 saturated carbocycles. The Bertz CT molecular complexity index is 1000. The lowest BCUT2D eigenvalue weighted by molar-refractivity contribution is -0.930. The van der Waals surface area contributed by atoms with Gasteiger partial charge in [0.15, 0.2) is 6.04 Å². The van der Waals surface area contributed by atoms with Crippen LogP contribution in [-0.4, -0.2) is 45.4 Å². The van der Waals surface area contributed by atoms with Gasteiger partial charge in [-0.25, -0.2) is 4.98 Å². The first-order chi connectivity index (χ1) is 14.0. The molecule has 1 saturated heterocycles. The number of hydrogen-bond acceptors (Lipinski definition) is 6. The van der Waals surface area contributed by atoms with E-state index in [2.05, 4.69) is 41.3 Å². The standard InChI is InChI=1S/C21H26N4O3S/c1-4-28-20(27)16-9-11-24(12-10-16)17(15-7-5-13(2)6-8-15)18-19(26)25-21(29-18)22-14(3)23-25/h5-8,16-17,26H,4,9-12H2,1-3H3/p+1/t17-/m0/s1. The van der Waals surface area contributed by atoms with Gasteiger partial charge >= 0.3 is 5.97 Å². The normalized spacial score (nSPS) is 20.7. The third-order valence-electron chi connectivity index (χ3n) is 5.63. The van der Waals surface area contributed by atoms with Crippen LogP contribution in [0.25, 0.3) is 4.96 Å². The number of esters is 1. The van der Waals surface area contributed by atoms with E-state index < -0.39 is 0 Å². The number of nitrogens with one attached hydrogen (secondary N) is 1. The van der Waals surface area contributed by atoms with Crippen LogP contribution in [0.3, 0.4) is 0 Å². The molecule has 1 aliphatic heterocycles. The van der Waals surface area contributed by atoms with Crippen LogP contribution >= 0.6 is 11.3 Å². The van der Waals surface area contributed by atoms with Crippen LogP contribution < -0.4 is 4.90 Å². The maximum Gasteiger partial charge on any atom is 0.309 e. The van der Waals surface area contributed by atoms with Gasteiger partial charge < -0.3 is 14.7 Å². The molecule has 154 valence electrons. The van der Waals surface area contributed by atoms with E-state index in [1.165, 1.54) is 26.3 Å². The number of carbonyl (C=O) groups excluding carboxylic acids is 1. The summed E-state index contributed by atoms with van der Waals surface area (Å²) in [6.07, 6.45) is 1.58. The molecule has 1 fully saturated rings. The predicted molar refractivity (Wildman–Crippen MR) is 110 cm³/mol. The predicted octanol–water partition coefficient (Wildman–Crippen LogP) is 2.06. The number of carbonyl (C=O) groups is 1. The summed E-state index contributed by atoms with van der Waals surface area (Å²) in [7, 11) is 0. The number of aromatic nitrogens is 3. The van der Waals surface area contributed by atoms with Crippen molar-refractivity contribution in [1.29, 1.82) is 0 Å². The molecule has 7 nitrogen and oxygen atoms in total. The molecule has 0 spiro atoms. The van der Waals surface area contributed by atoms with E-state index in [9.17, 15) is 9.90 Å². The number of fused-ring (bicyclic) bond motifs is 1. The van der Waals surface area contributed by atoms with E-state index in [0.717, 1.165) is 36.4 Å². The van der Waals surface area contributed by atoms with Gasteiger partial charge in [0.2, 0.25) is 10.8 Å². The first-order valence-electron chi connectivity index (χ1n) is 10.1. The van der Waals surface area contributed by atoms with Crippen LogP contribution in [-0.2, 0) is 9.53 Å². The SMILES string of the molecule is CCOC(=O)C1CC[NH+]([C@@H](c2ccc(C)cc2)c2sc3nc(C)nn3c2O)CC1. The molecule has 0 unspecified atom stereocenters. The number of piperidine rings is 1. The molecule has 0 bridgehead atoms. The minimum absolute atomic E-state index is 0.0208. The van der Waals surface area contributed by atoms with E-state index in [1.54, 1.807) is 0 Å². The number of aromatic hydroxyl groups is 1. The Kier molecular flexibility index (Phi) is 5.56. The van der Waals surface area contributed by atoms with Crippen LogP contribution in [0.5, 0.6) is 5.88 Å². The number of nitrogens with zero attached hydrogens (tertiary/aromatic N) is 3. The summed E-state index contributed by atoms with van der Waals surface area (Å²) in [4.78, 5) is 19.5. The third-order valence-corrected chi connectivity index (χ3v) is 6.72. The molecule has 2 N–H and O–H groups in total. The zero-order chi connectivity index (χ0) is 20.5. The Hall–Kier alpha value is -2.45. The van der Waals surface area contributed by atoms with Crippen LogP contribution in [0.15, 0.2) is 24.3 Å². The molecule has 4 rings (SSSR count). The van der Waals surface area contributed by atoms with Crippen LogP contribution in [0.2, 0.25) is 0 Å². The Morgan fingerprint density at radius 2 is 2.00 bits per heavy atom. The topological polar surface area (TPSA) is 81.2 Å². The highest BCUT2D eigenvalue weighted by atomic mass is 32.1. The summed E-state index contributed by atoms with van der Waals surface area (Å²) in [5.74, 6) is 0.690. The molecule has 29 heavy (non-hydrogen) atoms. The largest absolute Gasteiger partial charge is 0.492 e. The van der Waals surface area contributed by atoms with Gasteiger partial charge in [0, 0.05) is 18.4 Å². The van der Waals surface area contributed by atoms with Gasteiger partial charge in [0.25, 0.3) is 0 Å². The molecule has 1 atom stereocenters. The van der Waals surface area contributed by atoms with Crippen molar-refractivity contribution in [3.63, 3.8) is 0 Å². The molecule has 3 aromatic rings. The average molecular weight is 416 g/mol. The fourth-order valence-corrected chi connectivity index (χ4v) is 5.33. The molecule has 2 aromatic heterocycles. The molecular weight excluding hydrogens is 388 g/mol. The fraction of sp³-hybridized carbons (Fsp3) is 0.476. The number of rotatable bonds is 5. The lowest BCUT2D eigenvalue weighted by atomic mass is 9.93. The zero-order valence-electron chi connectivity index (χ0n) is 17.0. The van der Waals surface area contributed by atoms with Gasteiger partial charge in [-0.05, 0) is 20.8 Å². The Labute approximate surface area is 173 Å². The van der Waals surface area contributed by atoms with Gasteiger partial charge in [0.1, 0.15) is 10.7 Å². The molecule has 1 aliphatic rings. The second kappa shape index (κ2) is 8.12. The van der Waals surface area contributed by atoms with Crippen molar-refractivity contribution in [3.05, 3.63) is 46.1 Å². The Morgan fingerprint density at radius 1 is 1.31 bits per heavy atom. The van der Waals surface area contributed by atoms with E-state index in [1.807, 2.05) is 13.8 Å². The first kappa shape index (κ1) is 19.8. The molecule has 0 radical (unpaired) electrons. The Morgan fingerprint density at radius 3 is 2.62 bits per heavy atom. The van der Waals surface area contributed by atoms with E-state index in [4.69, 9.17) is 4.74 Å². The number of thiazole rings is 1. The van der Waals surface area contributed by atoms with Crippen molar-refractivity contribution in [3.8, 4) is 5.88 Å². The minimum Gasteiger partial charge on any atom is -0.492 e. The highest BCUT2D eigenvalue weighted by Crippen LogP contribution is 2.35. The summed E-state index contributed by atoms with van der Waals surface area (Å²) >= 11 is 1.49. The maximum atomic E-state index is 12.1. The lowest BCUT2D eigenvalue weighted by Crippen LogP contribution is -3.13. The molecule has 8 heteroatoms. The average Bonchev–Trinajstić information content (AvgIpc) is 3.22. The highest BCUT2D eigenvalue weighted by Gasteiger charge is 2.37. The molecule has 0 amide bonds. The zero-order valence-corrected chi connectivity index (χ0v) is 17.8. The summed E-state index contributed by atoms with van der Waals surface area (Å²) < 4.78 is 6.74. The lowest BCUT2D eigenvalue weighted by Gasteiger charge is -2.33. The van der Waals surface area contributed by atoms with Crippen molar-refractivity contribution in [2.24, 2.45) is 5.92 Å². The monoisotopic (exact) mass is 415 g/mol.